The van der Waals surface area contributed by atoms with Crippen LogP contribution in [0, 0.1) is 12.8 Å². The molecule has 1 aliphatic rings. The Hall–Kier alpha value is -0.980. The SMILES string of the molecule is CCC1CCCC(Oc2ccccc2C)C1. The van der Waals surface area contributed by atoms with E-state index in [2.05, 4.69) is 38.1 Å². The normalized spacial score (nSPS) is 25.4. The average molecular weight is 218 g/mol. The maximum atomic E-state index is 6.12. The molecule has 1 nitrogen and oxygen atoms in total. The lowest BCUT2D eigenvalue weighted by Crippen LogP contribution is -2.25. The van der Waals surface area contributed by atoms with Gasteiger partial charge in [-0.2, -0.15) is 0 Å². The summed E-state index contributed by atoms with van der Waals surface area (Å²) >= 11 is 0. The van der Waals surface area contributed by atoms with Gasteiger partial charge in [-0.25, -0.2) is 0 Å². The van der Waals surface area contributed by atoms with Crippen molar-refractivity contribution in [1.29, 1.82) is 0 Å². The third-order valence-corrected chi connectivity index (χ3v) is 3.70. The molecule has 0 aliphatic heterocycles. The summed E-state index contributed by atoms with van der Waals surface area (Å²) < 4.78 is 6.12. The maximum absolute atomic E-state index is 6.12. The summed E-state index contributed by atoms with van der Waals surface area (Å²) in [4.78, 5) is 0. The second kappa shape index (κ2) is 5.38. The fraction of sp³-hybridized carbons (Fsp3) is 0.600. The highest BCUT2D eigenvalue weighted by molar-refractivity contribution is 5.31. The van der Waals surface area contributed by atoms with Gasteiger partial charge in [0.1, 0.15) is 5.75 Å². The van der Waals surface area contributed by atoms with Crippen molar-refractivity contribution in [3.8, 4) is 5.75 Å². The highest BCUT2D eigenvalue weighted by Crippen LogP contribution is 2.30. The molecule has 0 spiro atoms. The van der Waals surface area contributed by atoms with Crippen LogP contribution in [0.25, 0.3) is 0 Å². The first-order valence-electron chi connectivity index (χ1n) is 6.52. The molecule has 1 saturated carbocycles. The summed E-state index contributed by atoms with van der Waals surface area (Å²) in [6.45, 7) is 4.41. The fourth-order valence-corrected chi connectivity index (χ4v) is 2.59. The molecule has 0 aromatic heterocycles. The summed E-state index contributed by atoms with van der Waals surface area (Å²) in [6.07, 6.45) is 6.93. The number of hydrogen-bond donors (Lipinski definition) is 0. The molecule has 2 rings (SSSR count). The van der Waals surface area contributed by atoms with Crippen LogP contribution in [0.4, 0.5) is 0 Å². The van der Waals surface area contributed by atoms with E-state index in [1.807, 2.05) is 0 Å². The van der Waals surface area contributed by atoms with Gasteiger partial charge in [0.15, 0.2) is 0 Å². The van der Waals surface area contributed by atoms with E-state index in [1.165, 1.54) is 37.7 Å². The van der Waals surface area contributed by atoms with Gasteiger partial charge in [-0.15, -0.1) is 0 Å². The lowest BCUT2D eigenvalue weighted by atomic mass is 9.85. The van der Waals surface area contributed by atoms with Crippen LogP contribution in [-0.2, 0) is 0 Å². The molecule has 2 atom stereocenters. The highest BCUT2D eigenvalue weighted by atomic mass is 16.5. The predicted molar refractivity (Wildman–Crippen MR) is 67.8 cm³/mol. The summed E-state index contributed by atoms with van der Waals surface area (Å²) in [5, 5.41) is 0. The molecule has 0 radical (unpaired) electrons. The first-order chi connectivity index (χ1) is 7.79. The maximum Gasteiger partial charge on any atom is 0.122 e. The van der Waals surface area contributed by atoms with Crippen molar-refractivity contribution < 1.29 is 4.74 Å². The Morgan fingerprint density at radius 1 is 1.25 bits per heavy atom. The summed E-state index contributed by atoms with van der Waals surface area (Å²) in [5.74, 6) is 1.95. The van der Waals surface area contributed by atoms with Crippen molar-refractivity contribution in [2.45, 2.75) is 52.1 Å². The van der Waals surface area contributed by atoms with Gasteiger partial charge < -0.3 is 4.74 Å². The number of para-hydroxylation sites is 1. The molecule has 0 saturated heterocycles. The van der Waals surface area contributed by atoms with Gasteiger partial charge >= 0.3 is 0 Å². The number of rotatable bonds is 3. The van der Waals surface area contributed by atoms with Crippen LogP contribution in [0.5, 0.6) is 5.75 Å². The Labute approximate surface area is 98.8 Å². The van der Waals surface area contributed by atoms with Crippen molar-refractivity contribution in [3.05, 3.63) is 29.8 Å². The topological polar surface area (TPSA) is 9.23 Å². The number of ether oxygens (including phenoxy) is 1. The van der Waals surface area contributed by atoms with Crippen LogP contribution in [0.15, 0.2) is 24.3 Å². The predicted octanol–water partition coefficient (Wildman–Crippen LogP) is 4.34. The Balaban J connectivity index is 1.97. The van der Waals surface area contributed by atoms with Crippen LogP contribution >= 0.6 is 0 Å². The molecule has 1 aromatic carbocycles. The van der Waals surface area contributed by atoms with E-state index < -0.39 is 0 Å². The van der Waals surface area contributed by atoms with Crippen LogP contribution in [0.2, 0.25) is 0 Å². The number of hydrogen-bond acceptors (Lipinski definition) is 1. The fourth-order valence-electron chi connectivity index (χ4n) is 2.59. The molecule has 2 unspecified atom stereocenters. The molecular weight excluding hydrogens is 196 g/mol. The summed E-state index contributed by atoms with van der Waals surface area (Å²) in [7, 11) is 0. The molecule has 1 aromatic rings. The van der Waals surface area contributed by atoms with Gasteiger partial charge in [-0.3, -0.25) is 0 Å². The second-order valence-corrected chi connectivity index (χ2v) is 4.95. The Morgan fingerprint density at radius 2 is 2.06 bits per heavy atom. The van der Waals surface area contributed by atoms with E-state index in [4.69, 9.17) is 4.74 Å². The van der Waals surface area contributed by atoms with Crippen molar-refractivity contribution in [2.75, 3.05) is 0 Å². The third-order valence-electron chi connectivity index (χ3n) is 3.70. The van der Waals surface area contributed by atoms with E-state index in [1.54, 1.807) is 0 Å². The van der Waals surface area contributed by atoms with Gasteiger partial charge in [-0.1, -0.05) is 38.0 Å². The van der Waals surface area contributed by atoms with Crippen LogP contribution in [0.3, 0.4) is 0 Å². The van der Waals surface area contributed by atoms with Crippen molar-refractivity contribution in [2.24, 2.45) is 5.92 Å². The van der Waals surface area contributed by atoms with E-state index >= 15 is 0 Å². The molecular formula is C15H22O. The minimum Gasteiger partial charge on any atom is -0.490 e. The second-order valence-electron chi connectivity index (χ2n) is 4.95. The van der Waals surface area contributed by atoms with Crippen molar-refractivity contribution in [3.63, 3.8) is 0 Å². The molecule has 0 amide bonds. The molecule has 88 valence electrons. The van der Waals surface area contributed by atoms with E-state index in [-0.39, 0.29) is 0 Å². The monoisotopic (exact) mass is 218 g/mol. The molecule has 1 heteroatoms. The lowest BCUT2D eigenvalue weighted by molar-refractivity contribution is 0.121. The molecule has 0 N–H and O–H groups in total. The number of benzene rings is 1. The van der Waals surface area contributed by atoms with Crippen molar-refractivity contribution >= 4 is 0 Å². The molecule has 0 bridgehead atoms. The first kappa shape index (κ1) is 11.5. The summed E-state index contributed by atoms with van der Waals surface area (Å²) in [5.41, 5.74) is 1.25. The van der Waals surface area contributed by atoms with Gasteiger partial charge in [-0.05, 0) is 43.7 Å². The summed E-state index contributed by atoms with van der Waals surface area (Å²) in [6, 6.07) is 8.33. The molecule has 16 heavy (non-hydrogen) atoms. The average Bonchev–Trinajstić information content (AvgIpc) is 2.32. The minimum atomic E-state index is 0.444. The van der Waals surface area contributed by atoms with Gasteiger partial charge in [0.25, 0.3) is 0 Å². The van der Waals surface area contributed by atoms with E-state index in [0.29, 0.717) is 6.10 Å². The molecule has 1 aliphatic carbocycles. The van der Waals surface area contributed by atoms with Crippen molar-refractivity contribution in [1.82, 2.24) is 0 Å². The standard InChI is InChI=1S/C15H22O/c1-3-13-8-6-9-14(11-13)16-15-10-5-4-7-12(15)2/h4-5,7,10,13-14H,3,6,8-9,11H2,1-2H3. The van der Waals surface area contributed by atoms with Crippen LogP contribution < -0.4 is 4.74 Å². The van der Waals surface area contributed by atoms with E-state index in [9.17, 15) is 0 Å². The third kappa shape index (κ3) is 2.78. The zero-order valence-electron chi connectivity index (χ0n) is 10.4. The largest absolute Gasteiger partial charge is 0.490 e. The van der Waals surface area contributed by atoms with Gasteiger partial charge in [0, 0.05) is 0 Å². The lowest BCUT2D eigenvalue weighted by Gasteiger charge is -2.29. The molecule has 1 fully saturated rings. The zero-order valence-corrected chi connectivity index (χ0v) is 10.4. The highest BCUT2D eigenvalue weighted by Gasteiger charge is 2.22. The Morgan fingerprint density at radius 3 is 2.81 bits per heavy atom. The van der Waals surface area contributed by atoms with Crippen LogP contribution in [-0.4, -0.2) is 6.10 Å². The Bertz CT molecular complexity index is 332. The zero-order chi connectivity index (χ0) is 11.4. The molecule has 0 heterocycles. The number of aryl methyl sites for hydroxylation is 1. The van der Waals surface area contributed by atoms with Gasteiger partial charge in [0.05, 0.1) is 6.10 Å². The Kier molecular flexibility index (Phi) is 3.87. The minimum absolute atomic E-state index is 0.444. The smallest absolute Gasteiger partial charge is 0.122 e. The van der Waals surface area contributed by atoms with Gasteiger partial charge in [0.2, 0.25) is 0 Å². The quantitative estimate of drug-likeness (QED) is 0.733. The van der Waals surface area contributed by atoms with E-state index in [0.717, 1.165) is 11.7 Å². The van der Waals surface area contributed by atoms with Crippen LogP contribution in [0.1, 0.15) is 44.6 Å². The first-order valence-corrected chi connectivity index (χ1v) is 6.52.